The van der Waals surface area contributed by atoms with Gasteiger partial charge in [0.2, 0.25) is 0 Å². The molecule has 0 N–H and O–H groups in total. The van der Waals surface area contributed by atoms with Crippen LogP contribution in [0.4, 0.5) is 0 Å². The molecule has 0 spiro atoms. The number of rotatable bonds is 6. The van der Waals surface area contributed by atoms with E-state index in [0.29, 0.717) is 32.1 Å². The molecule has 0 amide bonds. The molecule has 118 valence electrons. The molecule has 1 aliphatic rings. The lowest BCUT2D eigenvalue weighted by molar-refractivity contribution is 0.192. The Balaban J connectivity index is 1.87. The highest BCUT2D eigenvalue weighted by Gasteiger charge is 2.24. The molecule has 1 aromatic carbocycles. The van der Waals surface area contributed by atoms with Gasteiger partial charge in [-0.1, -0.05) is 29.8 Å². The van der Waals surface area contributed by atoms with Gasteiger partial charge in [-0.2, -0.15) is 5.10 Å². The first-order valence-electron chi connectivity index (χ1n) is 7.51. The quantitative estimate of drug-likeness (QED) is 0.820. The molecule has 2 aromatic rings. The summed E-state index contributed by atoms with van der Waals surface area (Å²) in [7, 11) is 1.69. The van der Waals surface area contributed by atoms with E-state index in [-0.39, 0.29) is 0 Å². The lowest BCUT2D eigenvalue weighted by Crippen LogP contribution is -2.12. The van der Waals surface area contributed by atoms with Gasteiger partial charge in [-0.25, -0.2) is 9.67 Å². The van der Waals surface area contributed by atoms with Crippen molar-refractivity contribution in [1.82, 2.24) is 14.8 Å². The molecule has 1 atom stereocenters. The Morgan fingerprint density at radius 3 is 3.00 bits per heavy atom. The molecule has 0 radical (unpaired) electrons. The number of hydrogen-bond acceptors (Lipinski definition) is 4. The van der Waals surface area contributed by atoms with E-state index in [9.17, 15) is 0 Å². The van der Waals surface area contributed by atoms with Crippen molar-refractivity contribution < 1.29 is 9.47 Å². The molecule has 1 fully saturated rings. The number of methoxy groups -OCH3 is 1. The Morgan fingerprint density at radius 2 is 2.27 bits per heavy atom. The fourth-order valence-corrected chi connectivity index (χ4v) is 2.84. The maximum atomic E-state index is 6.27. The normalized spacial score (nSPS) is 18.0. The van der Waals surface area contributed by atoms with Crippen LogP contribution in [-0.2, 0) is 22.4 Å². The van der Waals surface area contributed by atoms with Gasteiger partial charge in [-0.15, -0.1) is 0 Å². The molecule has 1 unspecified atom stereocenters. The van der Waals surface area contributed by atoms with Crippen LogP contribution in [-0.4, -0.2) is 41.7 Å². The molecule has 0 aliphatic carbocycles. The van der Waals surface area contributed by atoms with Crippen molar-refractivity contribution >= 4 is 11.6 Å². The Bertz CT molecular complexity index is 624. The van der Waals surface area contributed by atoms with Crippen LogP contribution in [0.5, 0.6) is 0 Å². The molecule has 1 saturated heterocycles. The highest BCUT2D eigenvalue weighted by atomic mass is 35.5. The Labute approximate surface area is 135 Å². The van der Waals surface area contributed by atoms with E-state index in [1.807, 2.05) is 28.9 Å². The SMILES string of the molecule is COCCc1nc(C2CCOC2)n(Cc2ccccc2Cl)n1. The van der Waals surface area contributed by atoms with Crippen LogP contribution in [0.15, 0.2) is 24.3 Å². The molecule has 22 heavy (non-hydrogen) atoms. The summed E-state index contributed by atoms with van der Waals surface area (Å²) in [6, 6.07) is 7.84. The summed E-state index contributed by atoms with van der Waals surface area (Å²) in [5.74, 6) is 2.12. The van der Waals surface area contributed by atoms with Crippen molar-refractivity contribution in [1.29, 1.82) is 0 Å². The first-order valence-corrected chi connectivity index (χ1v) is 7.89. The fourth-order valence-electron chi connectivity index (χ4n) is 2.65. The van der Waals surface area contributed by atoms with Gasteiger partial charge in [0.05, 0.1) is 19.8 Å². The maximum Gasteiger partial charge on any atom is 0.153 e. The topological polar surface area (TPSA) is 49.2 Å². The van der Waals surface area contributed by atoms with E-state index < -0.39 is 0 Å². The summed E-state index contributed by atoms with van der Waals surface area (Å²) >= 11 is 6.27. The Kier molecular flexibility index (Phi) is 5.08. The predicted molar refractivity (Wildman–Crippen MR) is 84.3 cm³/mol. The second kappa shape index (κ2) is 7.22. The minimum atomic E-state index is 0.311. The monoisotopic (exact) mass is 321 g/mol. The third-order valence-electron chi connectivity index (χ3n) is 3.85. The summed E-state index contributed by atoms with van der Waals surface area (Å²) in [6.07, 6.45) is 1.71. The van der Waals surface area contributed by atoms with Gasteiger partial charge in [0.15, 0.2) is 5.82 Å². The van der Waals surface area contributed by atoms with Crippen molar-refractivity contribution in [2.24, 2.45) is 0 Å². The molecule has 1 aromatic heterocycles. The van der Waals surface area contributed by atoms with Gasteiger partial charge in [0.25, 0.3) is 0 Å². The smallest absolute Gasteiger partial charge is 0.153 e. The van der Waals surface area contributed by atoms with Crippen LogP contribution >= 0.6 is 11.6 Å². The summed E-state index contributed by atoms with van der Waals surface area (Å²) in [4.78, 5) is 4.70. The standard InChI is InChI=1S/C16H20ClN3O2/c1-21-8-7-15-18-16(13-6-9-22-11-13)20(19-15)10-12-4-2-3-5-14(12)17/h2-5,13H,6-11H2,1H3. The minimum absolute atomic E-state index is 0.311. The van der Waals surface area contributed by atoms with Crippen LogP contribution < -0.4 is 0 Å². The minimum Gasteiger partial charge on any atom is -0.384 e. The first kappa shape index (κ1) is 15.5. The average Bonchev–Trinajstić information content (AvgIpc) is 3.17. The predicted octanol–water partition coefficient (Wildman–Crippen LogP) is 2.67. The lowest BCUT2D eigenvalue weighted by atomic mass is 10.1. The summed E-state index contributed by atoms with van der Waals surface area (Å²) in [6.45, 7) is 2.75. The third kappa shape index (κ3) is 3.48. The van der Waals surface area contributed by atoms with Gasteiger partial charge in [0.1, 0.15) is 5.82 Å². The Morgan fingerprint density at radius 1 is 1.41 bits per heavy atom. The van der Waals surface area contributed by atoms with Crippen LogP contribution in [0.2, 0.25) is 5.02 Å². The summed E-state index contributed by atoms with van der Waals surface area (Å²) < 4.78 is 12.6. The first-order chi connectivity index (χ1) is 10.8. The van der Waals surface area contributed by atoms with Gasteiger partial charge < -0.3 is 9.47 Å². The third-order valence-corrected chi connectivity index (χ3v) is 4.22. The van der Waals surface area contributed by atoms with Gasteiger partial charge >= 0.3 is 0 Å². The van der Waals surface area contributed by atoms with Gasteiger partial charge in [0, 0.05) is 31.1 Å². The highest BCUT2D eigenvalue weighted by Crippen LogP contribution is 2.25. The second-order valence-electron chi connectivity index (χ2n) is 5.44. The molecule has 2 heterocycles. The molecular weight excluding hydrogens is 302 g/mol. The number of halogens is 1. The fraction of sp³-hybridized carbons (Fsp3) is 0.500. The van der Waals surface area contributed by atoms with Crippen LogP contribution in [0.1, 0.15) is 29.6 Å². The maximum absolute atomic E-state index is 6.27. The van der Waals surface area contributed by atoms with E-state index >= 15 is 0 Å². The number of ether oxygens (including phenoxy) is 2. The van der Waals surface area contributed by atoms with E-state index in [4.69, 9.17) is 26.1 Å². The molecule has 5 nitrogen and oxygen atoms in total. The van der Waals surface area contributed by atoms with Crippen molar-refractivity contribution in [3.05, 3.63) is 46.5 Å². The molecule has 0 saturated carbocycles. The molecular formula is C16H20ClN3O2. The van der Waals surface area contributed by atoms with Gasteiger partial charge in [-0.3, -0.25) is 0 Å². The summed E-state index contributed by atoms with van der Waals surface area (Å²) in [5.41, 5.74) is 1.05. The molecule has 0 bridgehead atoms. The van der Waals surface area contributed by atoms with Crippen molar-refractivity contribution in [3.8, 4) is 0 Å². The van der Waals surface area contributed by atoms with Crippen LogP contribution in [0.25, 0.3) is 0 Å². The van der Waals surface area contributed by atoms with E-state index in [2.05, 4.69) is 5.10 Å². The van der Waals surface area contributed by atoms with Gasteiger partial charge in [-0.05, 0) is 18.1 Å². The zero-order valence-electron chi connectivity index (χ0n) is 12.7. The molecule has 1 aliphatic heterocycles. The molecule has 3 rings (SSSR count). The van der Waals surface area contributed by atoms with Crippen molar-refractivity contribution in [3.63, 3.8) is 0 Å². The van der Waals surface area contributed by atoms with Crippen molar-refractivity contribution in [2.45, 2.75) is 25.3 Å². The molecule has 6 heteroatoms. The lowest BCUT2D eigenvalue weighted by Gasteiger charge is -2.10. The van der Waals surface area contributed by atoms with Crippen LogP contribution in [0, 0.1) is 0 Å². The largest absolute Gasteiger partial charge is 0.384 e. The zero-order valence-corrected chi connectivity index (χ0v) is 13.4. The number of hydrogen-bond donors (Lipinski definition) is 0. The number of aromatic nitrogens is 3. The van der Waals surface area contributed by atoms with E-state index in [0.717, 1.165) is 35.3 Å². The van der Waals surface area contributed by atoms with E-state index in [1.54, 1.807) is 7.11 Å². The highest BCUT2D eigenvalue weighted by molar-refractivity contribution is 6.31. The number of benzene rings is 1. The Hall–Kier alpha value is -1.43. The van der Waals surface area contributed by atoms with Crippen LogP contribution in [0.3, 0.4) is 0 Å². The summed E-state index contributed by atoms with van der Waals surface area (Å²) in [5, 5.41) is 5.39. The zero-order chi connectivity index (χ0) is 15.4. The second-order valence-corrected chi connectivity index (χ2v) is 5.85. The van der Waals surface area contributed by atoms with E-state index in [1.165, 1.54) is 0 Å². The van der Waals surface area contributed by atoms with Crippen molar-refractivity contribution in [2.75, 3.05) is 26.9 Å². The number of nitrogens with zero attached hydrogens (tertiary/aromatic N) is 3. The average molecular weight is 322 g/mol.